The van der Waals surface area contributed by atoms with E-state index in [0.29, 0.717) is 47.8 Å². The van der Waals surface area contributed by atoms with Gasteiger partial charge in [-0.15, -0.1) is 0 Å². The number of carbonyl (C=O) groups is 2. The maximum Gasteiger partial charge on any atom is 0.337 e. The predicted octanol–water partition coefficient (Wildman–Crippen LogP) is 6.20. The number of ketones is 1. The van der Waals surface area contributed by atoms with Crippen molar-refractivity contribution in [3.63, 3.8) is 0 Å². The zero-order chi connectivity index (χ0) is 27.4. The van der Waals surface area contributed by atoms with Gasteiger partial charge in [0.15, 0.2) is 17.3 Å². The summed E-state index contributed by atoms with van der Waals surface area (Å²) in [4.78, 5) is 27.5. The molecule has 1 aliphatic carbocycles. The van der Waals surface area contributed by atoms with Crippen LogP contribution in [0.25, 0.3) is 0 Å². The van der Waals surface area contributed by atoms with Crippen LogP contribution in [0, 0.1) is 0 Å². The number of nitrogens with one attached hydrogen (secondary N) is 1. The van der Waals surface area contributed by atoms with Gasteiger partial charge in [0.05, 0.1) is 19.3 Å². The summed E-state index contributed by atoms with van der Waals surface area (Å²) in [5.74, 6) is 0.218. The van der Waals surface area contributed by atoms with Gasteiger partial charge in [-0.05, 0) is 55.0 Å². The highest BCUT2D eigenvalue weighted by atomic mass is 16.5. The highest BCUT2D eigenvalue weighted by Gasteiger charge is 2.41. The molecule has 6 heteroatoms. The topological polar surface area (TPSA) is 73.9 Å². The van der Waals surface area contributed by atoms with Crippen molar-refractivity contribution in [1.82, 2.24) is 5.32 Å². The van der Waals surface area contributed by atoms with Gasteiger partial charge < -0.3 is 19.5 Å². The Balaban J connectivity index is 1.55. The van der Waals surface area contributed by atoms with Crippen LogP contribution in [0.4, 0.5) is 0 Å². The Kier molecular flexibility index (Phi) is 7.82. The molecule has 0 bridgehead atoms. The minimum Gasteiger partial charge on any atom is -0.493 e. The summed E-state index contributed by atoms with van der Waals surface area (Å²) in [6.45, 7) is 4.42. The number of rotatable bonds is 8. The SMILES string of the molecule is CCOc1ccc([C@@H]2C(C(=O)OCc3ccccc3)=C(C)NC3=C2C(=O)C[C@@H](c2ccccc2)C3)cc1OC. The van der Waals surface area contributed by atoms with Gasteiger partial charge in [-0.3, -0.25) is 4.79 Å². The van der Waals surface area contributed by atoms with Gasteiger partial charge in [-0.1, -0.05) is 66.7 Å². The zero-order valence-corrected chi connectivity index (χ0v) is 22.5. The molecule has 39 heavy (non-hydrogen) atoms. The monoisotopic (exact) mass is 523 g/mol. The first-order valence-corrected chi connectivity index (χ1v) is 13.3. The second-order valence-electron chi connectivity index (χ2n) is 9.83. The fourth-order valence-electron chi connectivity index (χ4n) is 5.54. The van der Waals surface area contributed by atoms with Gasteiger partial charge in [0, 0.05) is 29.3 Å². The fourth-order valence-corrected chi connectivity index (χ4v) is 5.54. The molecule has 6 nitrogen and oxygen atoms in total. The van der Waals surface area contributed by atoms with Crippen LogP contribution in [0.3, 0.4) is 0 Å². The third-order valence-electron chi connectivity index (χ3n) is 7.35. The molecule has 5 rings (SSSR count). The average molecular weight is 524 g/mol. The Hall–Kier alpha value is -4.32. The van der Waals surface area contributed by atoms with Gasteiger partial charge in [0.2, 0.25) is 0 Å². The largest absolute Gasteiger partial charge is 0.493 e. The number of hydrogen-bond donors (Lipinski definition) is 1. The van der Waals surface area contributed by atoms with E-state index in [9.17, 15) is 9.59 Å². The van der Waals surface area contributed by atoms with E-state index in [1.807, 2.05) is 80.6 Å². The lowest BCUT2D eigenvalue weighted by Gasteiger charge is -2.37. The van der Waals surface area contributed by atoms with Crippen molar-refractivity contribution in [3.8, 4) is 11.5 Å². The maximum absolute atomic E-state index is 13.8. The molecule has 0 spiro atoms. The van der Waals surface area contributed by atoms with Crippen LogP contribution < -0.4 is 14.8 Å². The fraction of sp³-hybridized carbons (Fsp3) is 0.273. The van der Waals surface area contributed by atoms with Gasteiger partial charge >= 0.3 is 5.97 Å². The number of allylic oxidation sites excluding steroid dienone is 3. The number of carbonyl (C=O) groups excluding carboxylic acids is 2. The first kappa shape index (κ1) is 26.3. The smallest absolute Gasteiger partial charge is 0.337 e. The molecule has 1 heterocycles. The van der Waals surface area contributed by atoms with Gasteiger partial charge in [0.1, 0.15) is 6.61 Å². The second-order valence-corrected chi connectivity index (χ2v) is 9.83. The molecule has 0 unspecified atom stereocenters. The second kappa shape index (κ2) is 11.6. The lowest BCUT2D eigenvalue weighted by Crippen LogP contribution is -2.36. The first-order valence-electron chi connectivity index (χ1n) is 13.3. The van der Waals surface area contributed by atoms with Crippen molar-refractivity contribution in [3.05, 3.63) is 118 Å². The average Bonchev–Trinajstić information content (AvgIpc) is 2.96. The Morgan fingerprint density at radius 2 is 1.64 bits per heavy atom. The summed E-state index contributed by atoms with van der Waals surface area (Å²) in [5, 5.41) is 3.42. The molecule has 200 valence electrons. The molecule has 3 aromatic carbocycles. The van der Waals surface area contributed by atoms with Crippen molar-refractivity contribution in [2.24, 2.45) is 0 Å². The Morgan fingerprint density at radius 3 is 2.33 bits per heavy atom. The summed E-state index contributed by atoms with van der Waals surface area (Å²) in [6.07, 6.45) is 1.06. The standard InChI is InChI=1S/C33H33NO5/c1-4-38-28-16-15-24(19-29(28)37-3)31-30(33(36)39-20-22-11-7-5-8-12-22)21(2)34-26-17-25(18-27(35)32(26)31)23-13-9-6-10-14-23/h5-16,19,25,31,34H,4,17-18,20H2,1-3H3/t25-,31+/m0/s1. The highest BCUT2D eigenvalue weighted by Crippen LogP contribution is 2.47. The van der Waals surface area contributed by atoms with E-state index in [1.54, 1.807) is 7.11 Å². The molecule has 0 amide bonds. The minimum atomic E-state index is -0.585. The minimum absolute atomic E-state index is 0.0244. The van der Waals surface area contributed by atoms with Gasteiger partial charge in [-0.25, -0.2) is 4.79 Å². The third-order valence-corrected chi connectivity index (χ3v) is 7.35. The zero-order valence-electron chi connectivity index (χ0n) is 22.5. The molecule has 0 saturated heterocycles. The number of methoxy groups -OCH3 is 1. The number of esters is 1. The first-order chi connectivity index (χ1) is 19.0. The van der Waals surface area contributed by atoms with Crippen molar-refractivity contribution in [1.29, 1.82) is 0 Å². The van der Waals surface area contributed by atoms with E-state index in [2.05, 4.69) is 17.4 Å². The van der Waals surface area contributed by atoms with E-state index in [4.69, 9.17) is 14.2 Å². The lowest BCUT2D eigenvalue weighted by atomic mass is 9.71. The molecule has 3 aromatic rings. The van der Waals surface area contributed by atoms with Crippen LogP contribution in [0.2, 0.25) is 0 Å². The summed E-state index contributed by atoms with van der Waals surface area (Å²) in [5.41, 5.74) is 5.40. The Labute approximate surface area is 229 Å². The van der Waals surface area contributed by atoms with Crippen molar-refractivity contribution < 1.29 is 23.8 Å². The van der Waals surface area contributed by atoms with E-state index in [-0.39, 0.29) is 18.3 Å². The van der Waals surface area contributed by atoms with Crippen LogP contribution in [0.15, 0.2) is 101 Å². The quantitative estimate of drug-likeness (QED) is 0.355. The molecule has 0 aromatic heterocycles. The van der Waals surface area contributed by atoms with Gasteiger partial charge in [0.25, 0.3) is 0 Å². The summed E-state index contributed by atoms with van der Waals surface area (Å²) >= 11 is 0. The molecular formula is C33H33NO5. The van der Waals surface area contributed by atoms with Crippen molar-refractivity contribution in [2.45, 2.75) is 45.1 Å². The van der Waals surface area contributed by atoms with Crippen LogP contribution in [-0.2, 0) is 20.9 Å². The summed E-state index contributed by atoms with van der Waals surface area (Å²) in [6, 6.07) is 25.3. The van der Waals surface area contributed by atoms with E-state index in [0.717, 1.165) is 22.4 Å². The molecule has 0 fully saturated rings. The number of dihydropyridines is 1. The number of Topliss-reactive ketones (excluding diaryl/α,β-unsaturated/α-hetero) is 1. The summed E-state index contributed by atoms with van der Waals surface area (Å²) < 4.78 is 17.1. The summed E-state index contributed by atoms with van der Waals surface area (Å²) in [7, 11) is 1.58. The predicted molar refractivity (Wildman–Crippen MR) is 149 cm³/mol. The molecular weight excluding hydrogens is 490 g/mol. The maximum atomic E-state index is 13.8. The molecule has 1 N–H and O–H groups in total. The van der Waals surface area contributed by atoms with Crippen LogP contribution in [0.1, 0.15) is 55.2 Å². The van der Waals surface area contributed by atoms with Crippen molar-refractivity contribution in [2.75, 3.05) is 13.7 Å². The highest BCUT2D eigenvalue weighted by molar-refractivity contribution is 6.04. The normalized spacial score (nSPS) is 18.8. The number of hydrogen-bond acceptors (Lipinski definition) is 6. The molecule has 0 radical (unpaired) electrons. The molecule has 2 aliphatic rings. The van der Waals surface area contributed by atoms with E-state index >= 15 is 0 Å². The van der Waals surface area contributed by atoms with Gasteiger partial charge in [-0.2, -0.15) is 0 Å². The van der Waals surface area contributed by atoms with Crippen molar-refractivity contribution >= 4 is 11.8 Å². The molecule has 2 atom stereocenters. The molecule has 0 saturated carbocycles. The van der Waals surface area contributed by atoms with Crippen LogP contribution in [0.5, 0.6) is 11.5 Å². The number of ether oxygens (including phenoxy) is 3. The Morgan fingerprint density at radius 1 is 0.923 bits per heavy atom. The lowest BCUT2D eigenvalue weighted by molar-refractivity contribution is -0.140. The number of benzene rings is 3. The molecule has 1 aliphatic heterocycles. The third kappa shape index (κ3) is 5.46. The van der Waals surface area contributed by atoms with E-state index < -0.39 is 11.9 Å². The Bertz CT molecular complexity index is 1420. The van der Waals surface area contributed by atoms with Crippen LogP contribution >= 0.6 is 0 Å². The van der Waals surface area contributed by atoms with Crippen LogP contribution in [-0.4, -0.2) is 25.5 Å². The van der Waals surface area contributed by atoms with E-state index in [1.165, 1.54) is 0 Å².